The van der Waals surface area contributed by atoms with Crippen LogP contribution in [0, 0.1) is 0 Å². The van der Waals surface area contributed by atoms with Gasteiger partial charge in [0.25, 0.3) is 5.91 Å². The number of carbonyl (C=O) groups excluding carboxylic acids is 2. The quantitative estimate of drug-likeness (QED) is 0.470. The third-order valence-electron chi connectivity index (χ3n) is 6.39. The first-order chi connectivity index (χ1) is 17.1. The van der Waals surface area contributed by atoms with E-state index in [9.17, 15) is 9.59 Å². The maximum atomic E-state index is 13.7. The van der Waals surface area contributed by atoms with Gasteiger partial charge in [0, 0.05) is 38.8 Å². The Labute approximate surface area is 204 Å². The number of nitrogens with one attached hydrogen (secondary N) is 1. The summed E-state index contributed by atoms with van der Waals surface area (Å²) in [4.78, 5) is 34.3. The van der Waals surface area contributed by atoms with Crippen LogP contribution in [0.15, 0.2) is 72.9 Å². The van der Waals surface area contributed by atoms with Crippen LogP contribution >= 0.6 is 0 Å². The Morgan fingerprint density at radius 3 is 2.31 bits per heavy atom. The van der Waals surface area contributed by atoms with E-state index < -0.39 is 0 Å². The van der Waals surface area contributed by atoms with Gasteiger partial charge in [0.1, 0.15) is 0 Å². The van der Waals surface area contributed by atoms with Gasteiger partial charge in [-0.15, -0.1) is 0 Å². The van der Waals surface area contributed by atoms with Crippen LogP contribution in [0.4, 0.5) is 0 Å². The van der Waals surface area contributed by atoms with E-state index in [0.29, 0.717) is 50.5 Å². The van der Waals surface area contributed by atoms with E-state index in [1.165, 1.54) is 0 Å². The van der Waals surface area contributed by atoms with E-state index in [0.717, 1.165) is 22.2 Å². The van der Waals surface area contributed by atoms with E-state index in [2.05, 4.69) is 27.4 Å². The molecule has 4 aromatic rings. The Bertz CT molecular complexity index is 1330. The number of benzene rings is 2. The summed E-state index contributed by atoms with van der Waals surface area (Å²) in [7, 11) is 1.64. The largest absolute Gasteiger partial charge is 0.358 e. The number of hydrogen-bond donors (Lipinski definition) is 1. The molecule has 1 aliphatic heterocycles. The number of carbonyl (C=O) groups is 2. The van der Waals surface area contributed by atoms with Crippen LogP contribution in [-0.2, 0) is 11.3 Å². The molecule has 0 bridgehead atoms. The first-order valence-corrected chi connectivity index (χ1v) is 11.8. The van der Waals surface area contributed by atoms with Crippen LogP contribution < -0.4 is 5.32 Å². The number of pyridine rings is 1. The highest BCUT2D eigenvalue weighted by molar-refractivity contribution is 6.06. The minimum atomic E-state index is -0.0339. The van der Waals surface area contributed by atoms with Crippen molar-refractivity contribution in [1.29, 1.82) is 0 Å². The fourth-order valence-electron chi connectivity index (χ4n) is 4.42. The zero-order valence-electron chi connectivity index (χ0n) is 19.7. The molecule has 0 saturated carbocycles. The fourth-order valence-corrected chi connectivity index (χ4v) is 4.42. The van der Waals surface area contributed by atoms with Crippen molar-refractivity contribution in [3.8, 4) is 11.3 Å². The van der Waals surface area contributed by atoms with Gasteiger partial charge in [-0.2, -0.15) is 5.10 Å². The standard InChI is InChI=1S/C27H28N6O2/c1-28-25(34)19-31-12-14-32(15-13-31)27(35)22-16-24(21-10-6-3-7-11-21)30-26-23(22)17-29-33(26)18-20-8-4-2-5-9-20/h2-11,16-17H,12-15,18-19H2,1H3,(H,28,34). The van der Waals surface area contributed by atoms with Gasteiger partial charge in [0.15, 0.2) is 5.65 Å². The average Bonchev–Trinajstić information content (AvgIpc) is 3.31. The number of amides is 2. The van der Waals surface area contributed by atoms with Gasteiger partial charge in [-0.25, -0.2) is 9.67 Å². The SMILES string of the molecule is CNC(=O)CN1CCN(C(=O)c2cc(-c3ccccc3)nc3c2cnn3Cc2ccccc2)CC1. The lowest BCUT2D eigenvalue weighted by molar-refractivity contribution is -0.122. The molecular formula is C27H28N6O2. The Morgan fingerprint density at radius 1 is 0.943 bits per heavy atom. The highest BCUT2D eigenvalue weighted by Crippen LogP contribution is 2.26. The fraction of sp³-hybridized carbons (Fsp3) is 0.259. The molecule has 1 aliphatic rings. The molecule has 2 amide bonds. The molecule has 1 saturated heterocycles. The van der Waals surface area contributed by atoms with Crippen LogP contribution in [0.1, 0.15) is 15.9 Å². The maximum absolute atomic E-state index is 13.7. The van der Waals surface area contributed by atoms with E-state index in [1.807, 2.05) is 64.2 Å². The van der Waals surface area contributed by atoms with Gasteiger partial charge in [0.05, 0.1) is 35.9 Å². The molecule has 1 fully saturated rings. The zero-order valence-corrected chi connectivity index (χ0v) is 19.7. The van der Waals surface area contributed by atoms with Crippen molar-refractivity contribution < 1.29 is 9.59 Å². The van der Waals surface area contributed by atoms with Gasteiger partial charge in [-0.3, -0.25) is 14.5 Å². The third kappa shape index (κ3) is 4.93. The molecule has 0 radical (unpaired) electrons. The number of piperazine rings is 1. The van der Waals surface area contributed by atoms with Gasteiger partial charge in [0.2, 0.25) is 5.91 Å². The second kappa shape index (κ2) is 10.1. The Morgan fingerprint density at radius 2 is 1.63 bits per heavy atom. The highest BCUT2D eigenvalue weighted by atomic mass is 16.2. The second-order valence-corrected chi connectivity index (χ2v) is 8.69. The van der Waals surface area contributed by atoms with Crippen LogP contribution in [0.5, 0.6) is 0 Å². The van der Waals surface area contributed by atoms with Gasteiger partial charge in [-0.1, -0.05) is 60.7 Å². The number of fused-ring (bicyclic) bond motifs is 1. The lowest BCUT2D eigenvalue weighted by atomic mass is 10.1. The summed E-state index contributed by atoms with van der Waals surface area (Å²) in [5.74, 6) is -0.0487. The van der Waals surface area contributed by atoms with E-state index in [1.54, 1.807) is 13.2 Å². The van der Waals surface area contributed by atoms with Crippen LogP contribution in [0.25, 0.3) is 22.3 Å². The van der Waals surface area contributed by atoms with Crippen LogP contribution in [-0.4, -0.2) is 76.2 Å². The summed E-state index contributed by atoms with van der Waals surface area (Å²) < 4.78 is 1.86. The topological polar surface area (TPSA) is 83.4 Å². The van der Waals surface area contributed by atoms with Crippen molar-refractivity contribution in [2.24, 2.45) is 0 Å². The third-order valence-corrected chi connectivity index (χ3v) is 6.39. The van der Waals surface area contributed by atoms with Gasteiger partial charge in [-0.05, 0) is 11.6 Å². The van der Waals surface area contributed by atoms with Crippen molar-refractivity contribution in [2.45, 2.75) is 6.54 Å². The number of hydrogen-bond acceptors (Lipinski definition) is 5. The summed E-state index contributed by atoms with van der Waals surface area (Å²) in [5.41, 5.74) is 4.11. The molecule has 178 valence electrons. The summed E-state index contributed by atoms with van der Waals surface area (Å²) in [6.45, 7) is 3.37. The first kappa shape index (κ1) is 22.7. The molecule has 2 aromatic heterocycles. The molecule has 0 unspecified atom stereocenters. The Kier molecular flexibility index (Phi) is 6.54. The Balaban J connectivity index is 1.48. The highest BCUT2D eigenvalue weighted by Gasteiger charge is 2.26. The average molecular weight is 469 g/mol. The molecule has 0 atom stereocenters. The number of aromatic nitrogens is 3. The smallest absolute Gasteiger partial charge is 0.254 e. The van der Waals surface area contributed by atoms with E-state index in [4.69, 9.17) is 4.98 Å². The second-order valence-electron chi connectivity index (χ2n) is 8.69. The predicted octanol–water partition coefficient (Wildman–Crippen LogP) is 2.65. The molecule has 8 heteroatoms. The number of rotatable bonds is 6. The molecular weight excluding hydrogens is 440 g/mol. The van der Waals surface area contributed by atoms with Gasteiger partial charge >= 0.3 is 0 Å². The molecule has 35 heavy (non-hydrogen) atoms. The monoisotopic (exact) mass is 468 g/mol. The normalized spacial score (nSPS) is 14.3. The first-order valence-electron chi connectivity index (χ1n) is 11.8. The van der Waals surface area contributed by atoms with Crippen molar-refractivity contribution >= 4 is 22.8 Å². The lowest BCUT2D eigenvalue weighted by Crippen LogP contribution is -2.50. The zero-order chi connectivity index (χ0) is 24.2. The molecule has 0 aliphatic carbocycles. The summed E-state index contributed by atoms with van der Waals surface area (Å²) >= 11 is 0. The van der Waals surface area contributed by atoms with E-state index in [-0.39, 0.29) is 11.8 Å². The maximum Gasteiger partial charge on any atom is 0.254 e. The number of likely N-dealkylation sites (N-methyl/N-ethyl adjacent to an activating group) is 1. The molecule has 3 heterocycles. The minimum Gasteiger partial charge on any atom is -0.358 e. The summed E-state index contributed by atoms with van der Waals surface area (Å²) in [5, 5.41) is 8.00. The van der Waals surface area contributed by atoms with Crippen LogP contribution in [0.2, 0.25) is 0 Å². The molecule has 2 aromatic carbocycles. The molecule has 8 nitrogen and oxygen atoms in total. The van der Waals surface area contributed by atoms with Crippen molar-refractivity contribution in [3.63, 3.8) is 0 Å². The Hall–Kier alpha value is -4.04. The van der Waals surface area contributed by atoms with E-state index >= 15 is 0 Å². The molecule has 0 spiro atoms. The van der Waals surface area contributed by atoms with Crippen LogP contribution in [0.3, 0.4) is 0 Å². The van der Waals surface area contributed by atoms with Crippen molar-refractivity contribution in [2.75, 3.05) is 39.8 Å². The lowest BCUT2D eigenvalue weighted by Gasteiger charge is -2.34. The molecule has 1 N–H and O–H groups in total. The molecule has 5 rings (SSSR count). The number of nitrogens with zero attached hydrogens (tertiary/aromatic N) is 5. The predicted molar refractivity (Wildman–Crippen MR) is 135 cm³/mol. The minimum absolute atomic E-state index is 0.0149. The van der Waals surface area contributed by atoms with Crippen molar-refractivity contribution in [1.82, 2.24) is 29.9 Å². The van der Waals surface area contributed by atoms with Crippen molar-refractivity contribution in [3.05, 3.63) is 84.1 Å². The summed E-state index contributed by atoms with van der Waals surface area (Å²) in [6.07, 6.45) is 1.75. The van der Waals surface area contributed by atoms with Gasteiger partial charge < -0.3 is 10.2 Å². The summed E-state index contributed by atoms with van der Waals surface area (Å²) in [6, 6.07) is 21.9.